The first-order valence-electron chi connectivity index (χ1n) is 8.36. The molecule has 126 valence electrons. The van der Waals surface area contributed by atoms with Crippen molar-refractivity contribution in [3.05, 3.63) is 17.7 Å². The second-order valence-electron chi connectivity index (χ2n) is 5.94. The van der Waals surface area contributed by atoms with Crippen molar-refractivity contribution in [1.82, 2.24) is 10.3 Å². The van der Waals surface area contributed by atoms with Gasteiger partial charge in [-0.15, -0.1) is 0 Å². The van der Waals surface area contributed by atoms with Gasteiger partial charge in [0.15, 0.2) is 5.52 Å². The molecule has 1 heterocycles. The maximum Gasteiger partial charge on any atom is 0.303 e. The van der Waals surface area contributed by atoms with Crippen molar-refractivity contribution < 1.29 is 14.5 Å². The largest absolute Gasteiger partial charge is 0.481 e. The third-order valence-electron chi connectivity index (χ3n) is 4.00. The third-order valence-corrected chi connectivity index (χ3v) is 4.00. The highest BCUT2D eigenvalue weighted by atomic mass is 16.6. The van der Waals surface area contributed by atoms with E-state index < -0.39 is 5.97 Å². The molecule has 0 aliphatic carbocycles. The summed E-state index contributed by atoms with van der Waals surface area (Å²) in [6.45, 7) is 2.90. The van der Waals surface area contributed by atoms with Crippen LogP contribution in [0.4, 0.5) is 5.69 Å². The maximum atomic E-state index is 10.4. The van der Waals surface area contributed by atoms with Gasteiger partial charge in [0.25, 0.3) is 0 Å². The van der Waals surface area contributed by atoms with E-state index in [0.717, 1.165) is 54.5 Å². The maximum absolute atomic E-state index is 10.4. The van der Waals surface area contributed by atoms with Crippen LogP contribution in [-0.2, 0) is 4.79 Å². The summed E-state index contributed by atoms with van der Waals surface area (Å²) in [6, 6.07) is 4.04. The lowest BCUT2D eigenvalue weighted by atomic mass is 10.1. The molecule has 0 fully saturated rings. The first-order valence-corrected chi connectivity index (χ1v) is 8.36. The summed E-state index contributed by atoms with van der Waals surface area (Å²) in [5.41, 5.74) is 3.65. The number of nitrogens with one attached hydrogen (secondary N) is 1. The molecule has 2 rings (SSSR count). The van der Waals surface area contributed by atoms with E-state index in [1.165, 1.54) is 19.3 Å². The molecule has 23 heavy (non-hydrogen) atoms. The Morgan fingerprint density at radius 3 is 2.43 bits per heavy atom. The fraction of sp³-hybridized carbons (Fsp3) is 0.588. The van der Waals surface area contributed by atoms with Gasteiger partial charge in [0.05, 0.1) is 5.69 Å². The molecule has 0 saturated carbocycles. The highest BCUT2D eigenvalue weighted by Gasteiger charge is 2.08. The van der Waals surface area contributed by atoms with Gasteiger partial charge < -0.3 is 10.4 Å². The van der Waals surface area contributed by atoms with Crippen molar-refractivity contribution in [3.63, 3.8) is 0 Å². The van der Waals surface area contributed by atoms with Crippen LogP contribution in [0.1, 0.15) is 56.9 Å². The van der Waals surface area contributed by atoms with E-state index in [0.29, 0.717) is 6.42 Å². The highest BCUT2D eigenvalue weighted by molar-refractivity contribution is 5.89. The Morgan fingerprint density at radius 2 is 1.70 bits per heavy atom. The first kappa shape index (κ1) is 17.2. The molecule has 6 nitrogen and oxygen atoms in total. The van der Waals surface area contributed by atoms with E-state index in [9.17, 15) is 4.79 Å². The molecule has 1 aromatic carbocycles. The molecule has 0 unspecified atom stereocenters. The van der Waals surface area contributed by atoms with Gasteiger partial charge in [-0.05, 0) is 41.7 Å². The summed E-state index contributed by atoms with van der Waals surface area (Å²) in [7, 11) is 0. The summed E-state index contributed by atoms with van der Waals surface area (Å²) in [5.74, 6) is -0.691. The minimum absolute atomic E-state index is 0.297. The molecular formula is C17H25N3O3. The van der Waals surface area contributed by atoms with Gasteiger partial charge in [-0.2, -0.15) is 0 Å². The average molecular weight is 319 g/mol. The van der Waals surface area contributed by atoms with E-state index >= 15 is 0 Å². The number of aliphatic carboxylic acids is 1. The van der Waals surface area contributed by atoms with Crippen molar-refractivity contribution in [1.29, 1.82) is 0 Å². The summed E-state index contributed by atoms with van der Waals surface area (Å²) in [4.78, 5) is 10.4. The number of aryl methyl sites for hydroxylation is 1. The number of carboxylic acid groups (broad SMARTS) is 1. The van der Waals surface area contributed by atoms with Crippen LogP contribution in [0.2, 0.25) is 0 Å². The van der Waals surface area contributed by atoms with Crippen LogP contribution in [0.25, 0.3) is 11.0 Å². The number of carboxylic acids is 1. The van der Waals surface area contributed by atoms with Gasteiger partial charge in [0.2, 0.25) is 0 Å². The Morgan fingerprint density at radius 1 is 1.04 bits per heavy atom. The monoisotopic (exact) mass is 319 g/mol. The lowest BCUT2D eigenvalue weighted by Gasteiger charge is -2.07. The van der Waals surface area contributed by atoms with Crippen LogP contribution in [-0.4, -0.2) is 27.9 Å². The SMILES string of the molecule is Cc1ccc(NCCCCCCCCCC(=O)O)c2nonc12. The quantitative estimate of drug-likeness (QED) is 0.605. The molecule has 6 heteroatoms. The van der Waals surface area contributed by atoms with Crippen LogP contribution in [0.15, 0.2) is 16.8 Å². The van der Waals surface area contributed by atoms with Crippen molar-refractivity contribution in [2.45, 2.75) is 58.3 Å². The van der Waals surface area contributed by atoms with E-state index in [1.54, 1.807) is 0 Å². The Bertz CT molecular complexity index is 625. The van der Waals surface area contributed by atoms with E-state index in [4.69, 9.17) is 9.74 Å². The number of benzene rings is 1. The summed E-state index contributed by atoms with van der Waals surface area (Å²) < 4.78 is 4.82. The topological polar surface area (TPSA) is 88.2 Å². The second kappa shape index (κ2) is 9.12. The second-order valence-corrected chi connectivity index (χ2v) is 5.94. The zero-order valence-electron chi connectivity index (χ0n) is 13.7. The van der Waals surface area contributed by atoms with Gasteiger partial charge in [-0.25, -0.2) is 4.63 Å². The number of hydrogen-bond acceptors (Lipinski definition) is 5. The van der Waals surface area contributed by atoms with Crippen molar-refractivity contribution in [2.75, 3.05) is 11.9 Å². The van der Waals surface area contributed by atoms with Gasteiger partial charge in [-0.3, -0.25) is 4.79 Å². The van der Waals surface area contributed by atoms with E-state index in [1.807, 2.05) is 19.1 Å². The van der Waals surface area contributed by atoms with Crippen LogP contribution in [0.3, 0.4) is 0 Å². The third kappa shape index (κ3) is 5.54. The average Bonchev–Trinajstić information content (AvgIpc) is 3.01. The zero-order chi connectivity index (χ0) is 16.5. The molecule has 0 saturated heterocycles. The van der Waals surface area contributed by atoms with E-state index in [-0.39, 0.29) is 0 Å². The number of carbonyl (C=O) groups is 1. The first-order chi connectivity index (χ1) is 11.2. The highest BCUT2D eigenvalue weighted by Crippen LogP contribution is 2.23. The fourth-order valence-electron chi connectivity index (χ4n) is 2.64. The minimum Gasteiger partial charge on any atom is -0.481 e. The Kier molecular flexibility index (Phi) is 6.84. The molecule has 1 aromatic heterocycles. The van der Waals surface area contributed by atoms with Crippen LogP contribution < -0.4 is 5.32 Å². The summed E-state index contributed by atoms with van der Waals surface area (Å²) in [6.07, 6.45) is 7.91. The van der Waals surface area contributed by atoms with E-state index in [2.05, 4.69) is 15.6 Å². The Labute approximate surface area is 136 Å². The Balaban J connectivity index is 1.56. The molecule has 2 N–H and O–H groups in total. The number of nitrogens with zero attached hydrogens (tertiary/aromatic N) is 2. The smallest absolute Gasteiger partial charge is 0.303 e. The van der Waals surface area contributed by atoms with Gasteiger partial charge in [0.1, 0.15) is 5.52 Å². The normalized spacial score (nSPS) is 11.0. The lowest BCUT2D eigenvalue weighted by molar-refractivity contribution is -0.137. The van der Waals surface area contributed by atoms with Crippen LogP contribution in [0.5, 0.6) is 0 Å². The van der Waals surface area contributed by atoms with Gasteiger partial charge in [-0.1, -0.05) is 38.2 Å². The van der Waals surface area contributed by atoms with Crippen LogP contribution in [0, 0.1) is 6.92 Å². The van der Waals surface area contributed by atoms with Crippen molar-refractivity contribution in [3.8, 4) is 0 Å². The molecule has 0 radical (unpaired) electrons. The standard InChI is InChI=1S/C17H25N3O3/c1-13-10-11-14(17-16(13)19-23-20-17)18-12-8-6-4-2-3-5-7-9-15(21)22/h10-11,18H,2-9,12H2,1H3,(H,21,22). The number of fused-ring (bicyclic) bond motifs is 1. The lowest BCUT2D eigenvalue weighted by Crippen LogP contribution is -2.02. The van der Waals surface area contributed by atoms with Crippen molar-refractivity contribution >= 4 is 22.7 Å². The van der Waals surface area contributed by atoms with Crippen molar-refractivity contribution in [2.24, 2.45) is 0 Å². The van der Waals surface area contributed by atoms with Gasteiger partial charge >= 0.3 is 5.97 Å². The number of unbranched alkanes of at least 4 members (excludes halogenated alkanes) is 6. The molecule has 2 aromatic rings. The molecule has 0 atom stereocenters. The number of hydrogen-bond donors (Lipinski definition) is 2. The minimum atomic E-state index is -0.691. The summed E-state index contributed by atoms with van der Waals surface area (Å²) >= 11 is 0. The molecule has 0 aliphatic heterocycles. The molecule has 0 bridgehead atoms. The molecule has 0 aliphatic rings. The molecular weight excluding hydrogens is 294 g/mol. The Hall–Kier alpha value is -2.11. The number of anilines is 1. The number of rotatable bonds is 11. The molecule has 0 spiro atoms. The predicted molar refractivity (Wildman–Crippen MR) is 89.6 cm³/mol. The fourth-order valence-corrected chi connectivity index (χ4v) is 2.64. The zero-order valence-corrected chi connectivity index (χ0v) is 13.7. The summed E-state index contributed by atoms with van der Waals surface area (Å²) in [5, 5.41) is 19.8. The molecule has 0 amide bonds. The number of aromatic nitrogens is 2. The predicted octanol–water partition coefficient (Wildman–Crippen LogP) is 4.15. The van der Waals surface area contributed by atoms with Crippen LogP contribution >= 0.6 is 0 Å². The van der Waals surface area contributed by atoms with Gasteiger partial charge in [0, 0.05) is 13.0 Å².